The molecule has 1 aromatic carbocycles. The summed E-state index contributed by atoms with van der Waals surface area (Å²) < 4.78 is 13.4. The second kappa shape index (κ2) is 6.56. The highest BCUT2D eigenvalue weighted by molar-refractivity contribution is 5.78. The quantitative estimate of drug-likeness (QED) is 0.779. The fraction of sp³-hybridized carbons (Fsp3) is 0.467. The molecule has 0 aliphatic heterocycles. The first-order chi connectivity index (χ1) is 10.0. The summed E-state index contributed by atoms with van der Waals surface area (Å²) in [5.74, 6) is -1.25. The Balaban J connectivity index is 1.82. The lowest BCUT2D eigenvalue weighted by Crippen LogP contribution is -2.44. The zero-order valence-electron chi connectivity index (χ0n) is 11.7. The van der Waals surface area contributed by atoms with Gasteiger partial charge in [-0.1, -0.05) is 31.0 Å². The number of aliphatic carboxylic acids is 1. The predicted molar refractivity (Wildman–Crippen MR) is 75.2 cm³/mol. The van der Waals surface area contributed by atoms with Gasteiger partial charge in [-0.25, -0.2) is 9.18 Å². The van der Waals surface area contributed by atoms with Crippen LogP contribution in [0.25, 0.3) is 0 Å². The van der Waals surface area contributed by atoms with Crippen molar-refractivity contribution in [3.63, 3.8) is 0 Å². The highest BCUT2D eigenvalue weighted by Crippen LogP contribution is 2.37. The molecule has 5 nitrogen and oxygen atoms in total. The van der Waals surface area contributed by atoms with E-state index in [2.05, 4.69) is 10.6 Å². The summed E-state index contributed by atoms with van der Waals surface area (Å²) in [5, 5.41) is 14.4. The van der Waals surface area contributed by atoms with E-state index in [4.69, 9.17) is 0 Å². The van der Waals surface area contributed by atoms with E-state index in [0.29, 0.717) is 18.4 Å². The summed E-state index contributed by atoms with van der Waals surface area (Å²) in [6.45, 7) is 0.171. The molecule has 0 heterocycles. The molecule has 0 saturated heterocycles. The van der Waals surface area contributed by atoms with Gasteiger partial charge in [-0.15, -0.1) is 0 Å². The molecular weight excluding hydrogens is 275 g/mol. The van der Waals surface area contributed by atoms with Crippen LogP contribution in [0.1, 0.15) is 31.2 Å². The van der Waals surface area contributed by atoms with Crippen LogP contribution < -0.4 is 10.6 Å². The third-order valence-corrected chi connectivity index (χ3v) is 4.00. The van der Waals surface area contributed by atoms with Gasteiger partial charge in [0.2, 0.25) is 0 Å². The fourth-order valence-corrected chi connectivity index (χ4v) is 2.65. The van der Waals surface area contributed by atoms with Crippen molar-refractivity contribution in [3.8, 4) is 0 Å². The molecule has 114 valence electrons. The molecule has 1 saturated carbocycles. The minimum atomic E-state index is -0.866. The maximum absolute atomic E-state index is 13.4. The Bertz CT molecular complexity index is 527. The van der Waals surface area contributed by atoms with Crippen LogP contribution in [0.2, 0.25) is 0 Å². The number of carbonyl (C=O) groups is 2. The van der Waals surface area contributed by atoms with Gasteiger partial charge in [-0.2, -0.15) is 0 Å². The first-order valence-electron chi connectivity index (χ1n) is 7.02. The van der Waals surface area contributed by atoms with E-state index in [1.165, 1.54) is 6.07 Å². The van der Waals surface area contributed by atoms with Crippen molar-refractivity contribution in [1.29, 1.82) is 0 Å². The molecule has 2 amide bonds. The molecule has 0 bridgehead atoms. The predicted octanol–water partition coefficient (Wildman–Crippen LogP) is 2.27. The number of carboxylic acid groups (broad SMARTS) is 1. The molecule has 0 aromatic heterocycles. The van der Waals surface area contributed by atoms with Gasteiger partial charge in [0.15, 0.2) is 0 Å². The number of hydrogen-bond acceptors (Lipinski definition) is 2. The molecule has 1 aliphatic rings. The van der Waals surface area contributed by atoms with Crippen molar-refractivity contribution in [1.82, 2.24) is 10.6 Å². The number of hydrogen-bond donors (Lipinski definition) is 3. The average molecular weight is 294 g/mol. The summed E-state index contributed by atoms with van der Waals surface area (Å²) in [5.41, 5.74) is -0.462. The molecular formula is C15H19FN2O3. The normalized spacial score (nSPS) is 16.4. The van der Waals surface area contributed by atoms with Crippen LogP contribution in [0, 0.1) is 11.2 Å². The average Bonchev–Trinajstić information content (AvgIpc) is 2.94. The van der Waals surface area contributed by atoms with E-state index in [9.17, 15) is 19.1 Å². The number of benzene rings is 1. The van der Waals surface area contributed by atoms with Crippen molar-refractivity contribution in [2.45, 2.75) is 32.2 Å². The number of nitrogens with one attached hydrogen (secondary N) is 2. The lowest BCUT2D eigenvalue weighted by Gasteiger charge is -2.24. The van der Waals surface area contributed by atoms with Crippen LogP contribution in [0.15, 0.2) is 24.3 Å². The Kier molecular flexibility index (Phi) is 4.77. The highest BCUT2D eigenvalue weighted by atomic mass is 19.1. The standard InChI is InChI=1S/C15H19FN2O3/c16-12-6-2-1-5-11(12)9-17-14(21)18-10-15(13(19)20)7-3-4-8-15/h1-2,5-6H,3-4,7-10H2,(H,19,20)(H2,17,18,21). The third-order valence-electron chi connectivity index (χ3n) is 4.00. The second-order valence-electron chi connectivity index (χ2n) is 5.42. The van der Waals surface area contributed by atoms with E-state index in [0.717, 1.165) is 12.8 Å². The number of carboxylic acids is 1. The van der Waals surface area contributed by atoms with Crippen LogP contribution >= 0.6 is 0 Å². The molecule has 0 spiro atoms. The summed E-state index contributed by atoms with van der Waals surface area (Å²) >= 11 is 0. The van der Waals surface area contributed by atoms with Gasteiger partial charge in [0, 0.05) is 18.7 Å². The van der Waals surface area contributed by atoms with Crippen LogP contribution in [-0.4, -0.2) is 23.7 Å². The third kappa shape index (κ3) is 3.71. The molecule has 6 heteroatoms. The molecule has 0 radical (unpaired) electrons. The Labute approximate surface area is 122 Å². The smallest absolute Gasteiger partial charge is 0.315 e. The van der Waals surface area contributed by atoms with E-state index in [-0.39, 0.29) is 18.9 Å². The zero-order chi connectivity index (χ0) is 15.3. The zero-order valence-corrected chi connectivity index (χ0v) is 11.7. The maximum Gasteiger partial charge on any atom is 0.315 e. The summed E-state index contributed by atoms with van der Waals surface area (Å²) in [7, 11) is 0. The number of urea groups is 1. The van der Waals surface area contributed by atoms with Gasteiger partial charge in [-0.05, 0) is 18.9 Å². The van der Waals surface area contributed by atoms with Crippen molar-refractivity contribution in [2.75, 3.05) is 6.54 Å². The van der Waals surface area contributed by atoms with E-state index in [1.54, 1.807) is 18.2 Å². The summed E-state index contributed by atoms with van der Waals surface area (Å²) in [6.07, 6.45) is 2.89. The van der Waals surface area contributed by atoms with E-state index in [1.807, 2.05) is 0 Å². The van der Waals surface area contributed by atoms with Crippen molar-refractivity contribution in [2.24, 2.45) is 5.41 Å². The molecule has 0 atom stereocenters. The van der Waals surface area contributed by atoms with Crippen molar-refractivity contribution >= 4 is 12.0 Å². The molecule has 2 rings (SSSR count). The Morgan fingerprint density at radius 3 is 2.48 bits per heavy atom. The van der Waals surface area contributed by atoms with Crippen LogP contribution in [0.4, 0.5) is 9.18 Å². The Morgan fingerprint density at radius 1 is 1.19 bits per heavy atom. The lowest BCUT2D eigenvalue weighted by molar-refractivity contribution is -0.148. The van der Waals surface area contributed by atoms with Crippen molar-refractivity contribution in [3.05, 3.63) is 35.6 Å². The highest BCUT2D eigenvalue weighted by Gasteiger charge is 2.41. The molecule has 1 aromatic rings. The maximum atomic E-state index is 13.4. The van der Waals surface area contributed by atoms with Crippen molar-refractivity contribution < 1.29 is 19.1 Å². The first kappa shape index (κ1) is 15.3. The van der Waals surface area contributed by atoms with Crippen LogP contribution in [-0.2, 0) is 11.3 Å². The van der Waals surface area contributed by atoms with Crippen LogP contribution in [0.5, 0.6) is 0 Å². The van der Waals surface area contributed by atoms with Gasteiger partial charge in [0.05, 0.1) is 5.41 Å². The van der Waals surface area contributed by atoms with Gasteiger partial charge in [0.1, 0.15) is 5.82 Å². The summed E-state index contributed by atoms with van der Waals surface area (Å²) in [4.78, 5) is 23.1. The number of rotatable bonds is 5. The molecule has 0 unspecified atom stereocenters. The number of carbonyl (C=O) groups excluding carboxylic acids is 1. The van der Waals surface area contributed by atoms with Gasteiger partial charge >= 0.3 is 12.0 Å². The minimum absolute atomic E-state index is 0.0680. The van der Waals surface area contributed by atoms with Crippen LogP contribution in [0.3, 0.4) is 0 Å². The van der Waals surface area contributed by atoms with E-state index < -0.39 is 17.4 Å². The molecule has 1 fully saturated rings. The fourth-order valence-electron chi connectivity index (χ4n) is 2.65. The van der Waals surface area contributed by atoms with E-state index >= 15 is 0 Å². The minimum Gasteiger partial charge on any atom is -0.481 e. The Morgan fingerprint density at radius 2 is 1.86 bits per heavy atom. The first-order valence-corrected chi connectivity index (χ1v) is 7.02. The molecule has 1 aliphatic carbocycles. The second-order valence-corrected chi connectivity index (χ2v) is 5.42. The summed E-state index contributed by atoms with van der Waals surface area (Å²) in [6, 6.07) is 5.70. The largest absolute Gasteiger partial charge is 0.481 e. The monoisotopic (exact) mass is 294 g/mol. The molecule has 3 N–H and O–H groups in total. The molecule has 21 heavy (non-hydrogen) atoms. The topological polar surface area (TPSA) is 78.4 Å². The SMILES string of the molecule is O=C(NCc1ccccc1F)NCC1(C(=O)O)CCCC1. The number of amides is 2. The van der Waals surface area contributed by atoms with Gasteiger partial charge in [0.25, 0.3) is 0 Å². The number of halogens is 1. The lowest BCUT2D eigenvalue weighted by atomic mass is 9.86. The van der Waals surface area contributed by atoms with Gasteiger partial charge < -0.3 is 15.7 Å². The van der Waals surface area contributed by atoms with Gasteiger partial charge in [-0.3, -0.25) is 4.79 Å². The Hall–Kier alpha value is -2.11.